The number of Topliss-reactive ketones (excluding diaryl/α,β-unsaturated/α-hetero) is 1. The lowest BCUT2D eigenvalue weighted by molar-refractivity contribution is -0.140. The van der Waals surface area contributed by atoms with Gasteiger partial charge in [0.2, 0.25) is 5.78 Å². The van der Waals surface area contributed by atoms with Gasteiger partial charge in [0, 0.05) is 43.7 Å². The number of ketones is 1. The van der Waals surface area contributed by atoms with Crippen molar-refractivity contribution in [1.82, 2.24) is 9.80 Å². The zero-order valence-corrected chi connectivity index (χ0v) is 19.8. The molecule has 1 saturated heterocycles. The van der Waals surface area contributed by atoms with E-state index in [0.717, 1.165) is 13.1 Å². The van der Waals surface area contributed by atoms with Crippen molar-refractivity contribution in [3.05, 3.63) is 46.2 Å². The van der Waals surface area contributed by atoms with Crippen molar-refractivity contribution < 1.29 is 30.0 Å². The van der Waals surface area contributed by atoms with Gasteiger partial charge in [-0.3, -0.25) is 19.4 Å². The molecule has 3 fully saturated rings. The van der Waals surface area contributed by atoms with Crippen LogP contribution in [0.25, 0.3) is 5.76 Å². The number of hydrogen-bond donors (Lipinski definition) is 6. The third-order valence-corrected chi connectivity index (χ3v) is 8.76. The smallest absolute Gasteiger partial charge is 0.254 e. The molecular formula is C26H30N4O6. The summed E-state index contributed by atoms with van der Waals surface area (Å²) in [5.74, 6) is -4.34. The quantitative estimate of drug-likeness (QED) is 0.355. The maximum absolute atomic E-state index is 13.9. The molecule has 1 aromatic carbocycles. The first-order valence-electron chi connectivity index (χ1n) is 12.5. The summed E-state index contributed by atoms with van der Waals surface area (Å²) in [4.78, 5) is 30.7. The molecule has 4 aliphatic carbocycles. The molecule has 7 N–H and O–H groups in total. The van der Waals surface area contributed by atoms with Crippen molar-refractivity contribution in [2.24, 2.45) is 17.6 Å². The molecule has 6 rings (SSSR count). The van der Waals surface area contributed by atoms with Crippen molar-refractivity contribution in [1.29, 1.82) is 5.41 Å². The van der Waals surface area contributed by atoms with Crippen LogP contribution in [-0.2, 0) is 16.0 Å². The summed E-state index contributed by atoms with van der Waals surface area (Å²) in [6.45, 7) is 2.67. The number of aromatic hydroxyl groups is 1. The van der Waals surface area contributed by atoms with Crippen LogP contribution < -0.4 is 5.73 Å². The molecule has 5 aliphatic rings. The number of carbonyl (C=O) groups is 2. The minimum atomic E-state index is -2.45. The number of aliphatic hydroxyl groups is 3. The topological polar surface area (TPSA) is 171 Å². The summed E-state index contributed by atoms with van der Waals surface area (Å²) in [6.07, 6.45) is 2.89. The molecule has 0 unspecified atom stereocenters. The molecule has 0 aromatic heterocycles. The third-order valence-electron chi connectivity index (χ3n) is 8.76. The lowest BCUT2D eigenvalue weighted by Crippen LogP contribution is -2.68. The number of benzene rings is 1. The predicted molar refractivity (Wildman–Crippen MR) is 129 cm³/mol. The second-order valence-electron chi connectivity index (χ2n) is 10.7. The Morgan fingerprint density at radius 3 is 2.39 bits per heavy atom. The number of nitrogens with zero attached hydrogens (tertiary/aromatic N) is 2. The number of nitrogens with one attached hydrogen (secondary N) is 1. The first-order valence-corrected chi connectivity index (χ1v) is 12.5. The Bertz CT molecular complexity index is 1260. The van der Waals surface area contributed by atoms with Gasteiger partial charge < -0.3 is 31.6 Å². The largest absolute Gasteiger partial charge is 0.510 e. The van der Waals surface area contributed by atoms with E-state index in [9.17, 15) is 30.0 Å². The molecule has 10 nitrogen and oxygen atoms in total. The molecule has 1 heterocycles. The molecule has 0 spiro atoms. The molecular weight excluding hydrogens is 464 g/mol. The first-order chi connectivity index (χ1) is 17.1. The Morgan fingerprint density at radius 2 is 1.75 bits per heavy atom. The predicted octanol–water partition coefficient (Wildman–Crippen LogP) is 0.633. The fourth-order valence-corrected chi connectivity index (χ4v) is 6.88. The van der Waals surface area contributed by atoms with Gasteiger partial charge in [-0.2, -0.15) is 0 Å². The maximum Gasteiger partial charge on any atom is 0.254 e. The standard InChI is InChI=1S/C26H30N4O6/c27-23-19(25(28)35)22(33)20(30-8-6-29(7-9-30)14-4-5-14)15-11-13-10-12-2-1-3-16(31)17(12)21(32)18(13)24(34)26(15,23)36/h1-3,13-15,20,27,31-33,36H,4-11H2,(H2,28,35)/t13-,15-,20+,26+/m0/s1. The van der Waals surface area contributed by atoms with Crippen LogP contribution in [0, 0.1) is 17.2 Å². The summed E-state index contributed by atoms with van der Waals surface area (Å²) in [6, 6.07) is 4.56. The number of aliphatic hydroxyl groups excluding tert-OH is 2. The number of piperazine rings is 1. The number of hydrogen-bond acceptors (Lipinski definition) is 9. The van der Waals surface area contributed by atoms with Crippen molar-refractivity contribution in [2.45, 2.75) is 43.4 Å². The normalized spacial score (nSPS) is 33.3. The molecule has 0 radical (unpaired) electrons. The SMILES string of the molecule is N=C1C(C(N)=O)=C(O)[C@H](N2CCN(C3CC3)CC2)[C@@H]2C[C@@H]3Cc4cccc(O)c4C(O)=C3C(=O)[C@]12O. The minimum Gasteiger partial charge on any atom is -0.510 e. The second-order valence-corrected chi connectivity index (χ2v) is 10.7. The van der Waals surface area contributed by atoms with Gasteiger partial charge in [-0.25, -0.2) is 0 Å². The Hall–Kier alpha value is -3.21. The first kappa shape index (κ1) is 23.2. The van der Waals surface area contributed by atoms with Crippen LogP contribution in [0.4, 0.5) is 0 Å². The highest BCUT2D eigenvalue weighted by Gasteiger charge is 2.63. The zero-order valence-electron chi connectivity index (χ0n) is 19.8. The average molecular weight is 495 g/mol. The Balaban J connectivity index is 1.45. The van der Waals surface area contributed by atoms with Crippen molar-refractivity contribution >= 4 is 23.2 Å². The molecule has 36 heavy (non-hydrogen) atoms. The molecule has 1 aromatic rings. The van der Waals surface area contributed by atoms with Crippen LogP contribution in [0.5, 0.6) is 5.75 Å². The van der Waals surface area contributed by atoms with Crippen molar-refractivity contribution in [2.75, 3.05) is 26.2 Å². The minimum absolute atomic E-state index is 0.0602. The molecule has 2 saturated carbocycles. The van der Waals surface area contributed by atoms with Crippen molar-refractivity contribution in [3.8, 4) is 5.75 Å². The van der Waals surface area contributed by atoms with Gasteiger partial charge in [-0.1, -0.05) is 12.1 Å². The summed E-state index contributed by atoms with van der Waals surface area (Å²) in [5, 5.41) is 53.3. The van der Waals surface area contributed by atoms with Crippen LogP contribution in [0.1, 0.15) is 30.4 Å². The lowest BCUT2D eigenvalue weighted by atomic mass is 9.56. The van der Waals surface area contributed by atoms with Crippen LogP contribution in [-0.4, -0.2) is 91.5 Å². The summed E-state index contributed by atoms with van der Waals surface area (Å²) in [5.41, 5.74) is 2.56. The van der Waals surface area contributed by atoms with E-state index in [1.165, 1.54) is 18.9 Å². The number of nitrogens with two attached hydrogens (primary N) is 1. The monoisotopic (exact) mass is 494 g/mol. The molecule has 0 bridgehead atoms. The van der Waals surface area contributed by atoms with E-state index in [-0.39, 0.29) is 29.1 Å². The highest BCUT2D eigenvalue weighted by molar-refractivity contribution is 6.33. The lowest BCUT2D eigenvalue weighted by Gasteiger charge is -2.53. The van der Waals surface area contributed by atoms with Crippen LogP contribution in [0.3, 0.4) is 0 Å². The maximum atomic E-state index is 13.9. The summed E-state index contributed by atoms with van der Waals surface area (Å²) >= 11 is 0. The van der Waals surface area contributed by atoms with E-state index in [4.69, 9.17) is 11.1 Å². The van der Waals surface area contributed by atoms with Gasteiger partial charge in [-0.05, 0) is 43.2 Å². The van der Waals surface area contributed by atoms with E-state index in [1.807, 2.05) is 4.90 Å². The molecule has 10 heteroatoms. The van der Waals surface area contributed by atoms with Gasteiger partial charge in [0.15, 0.2) is 5.60 Å². The van der Waals surface area contributed by atoms with Gasteiger partial charge in [0.05, 0.1) is 17.3 Å². The number of rotatable bonds is 3. The fourth-order valence-electron chi connectivity index (χ4n) is 6.88. The average Bonchev–Trinajstić information content (AvgIpc) is 3.67. The number of fused-ring (bicyclic) bond motifs is 3. The molecule has 1 aliphatic heterocycles. The van der Waals surface area contributed by atoms with E-state index in [1.54, 1.807) is 12.1 Å². The van der Waals surface area contributed by atoms with E-state index in [2.05, 4.69) is 4.90 Å². The van der Waals surface area contributed by atoms with Gasteiger partial charge in [0.25, 0.3) is 5.91 Å². The number of primary amides is 1. The molecule has 190 valence electrons. The molecule has 4 atom stereocenters. The number of carbonyl (C=O) groups excluding carboxylic acids is 2. The van der Waals surface area contributed by atoms with Crippen LogP contribution >= 0.6 is 0 Å². The zero-order chi connectivity index (χ0) is 25.5. The Morgan fingerprint density at radius 1 is 1.08 bits per heavy atom. The van der Waals surface area contributed by atoms with E-state index >= 15 is 0 Å². The Kier molecular flexibility index (Phi) is 5.09. The summed E-state index contributed by atoms with van der Waals surface area (Å²) in [7, 11) is 0. The highest BCUT2D eigenvalue weighted by atomic mass is 16.3. The van der Waals surface area contributed by atoms with Gasteiger partial charge in [-0.15, -0.1) is 0 Å². The van der Waals surface area contributed by atoms with E-state index in [0.29, 0.717) is 31.1 Å². The van der Waals surface area contributed by atoms with Crippen LogP contribution in [0.2, 0.25) is 0 Å². The van der Waals surface area contributed by atoms with Gasteiger partial charge >= 0.3 is 0 Å². The number of amides is 1. The third kappa shape index (κ3) is 3.11. The number of phenols is 1. The number of phenolic OH excluding ortho intramolecular Hbond substituents is 1. The Labute approximate surface area is 207 Å². The van der Waals surface area contributed by atoms with Crippen LogP contribution in [0.15, 0.2) is 35.1 Å². The fraction of sp³-hybridized carbons (Fsp3) is 0.500. The van der Waals surface area contributed by atoms with Crippen molar-refractivity contribution in [3.63, 3.8) is 0 Å². The van der Waals surface area contributed by atoms with E-state index < -0.39 is 52.2 Å². The highest BCUT2D eigenvalue weighted by Crippen LogP contribution is 2.52. The van der Waals surface area contributed by atoms with Gasteiger partial charge in [0.1, 0.15) is 22.8 Å². The summed E-state index contributed by atoms with van der Waals surface area (Å²) < 4.78 is 0. The second kappa shape index (κ2) is 7.89. The molecule has 1 amide bonds.